The number of thioether (sulfide) groups is 1. The highest BCUT2D eigenvalue weighted by molar-refractivity contribution is 7.99. The van der Waals surface area contributed by atoms with Crippen molar-refractivity contribution in [1.82, 2.24) is 0 Å². The van der Waals surface area contributed by atoms with Gasteiger partial charge in [-0.15, -0.1) is 11.8 Å². The minimum absolute atomic E-state index is 0.116. The van der Waals surface area contributed by atoms with Gasteiger partial charge in [-0.05, 0) is 12.1 Å². The van der Waals surface area contributed by atoms with E-state index in [1.54, 1.807) is 31.0 Å². The summed E-state index contributed by atoms with van der Waals surface area (Å²) in [6.45, 7) is 1.84. The molecule has 1 aromatic rings. The Bertz CT molecular complexity index is 342. The SMILES string of the molecule is COCCOCCSc1ccc([N+](=O)[O-])cc1. The van der Waals surface area contributed by atoms with Crippen LogP contribution in [0.5, 0.6) is 0 Å². The fraction of sp³-hybridized carbons (Fsp3) is 0.455. The van der Waals surface area contributed by atoms with Gasteiger partial charge in [0, 0.05) is 29.9 Å². The van der Waals surface area contributed by atoms with Crippen LogP contribution < -0.4 is 0 Å². The van der Waals surface area contributed by atoms with Gasteiger partial charge in [0.2, 0.25) is 0 Å². The lowest BCUT2D eigenvalue weighted by Gasteiger charge is -2.03. The highest BCUT2D eigenvalue weighted by Gasteiger charge is 2.03. The number of rotatable bonds is 8. The fourth-order valence-electron chi connectivity index (χ4n) is 1.13. The lowest BCUT2D eigenvalue weighted by atomic mass is 10.3. The van der Waals surface area contributed by atoms with Crippen molar-refractivity contribution < 1.29 is 14.4 Å². The number of methoxy groups -OCH3 is 1. The van der Waals surface area contributed by atoms with Gasteiger partial charge in [0.05, 0.1) is 24.7 Å². The van der Waals surface area contributed by atoms with Gasteiger partial charge >= 0.3 is 0 Å². The smallest absolute Gasteiger partial charge is 0.269 e. The number of nitro groups is 1. The Kier molecular flexibility index (Phi) is 6.61. The minimum Gasteiger partial charge on any atom is -0.382 e. The van der Waals surface area contributed by atoms with Gasteiger partial charge in [0.1, 0.15) is 0 Å². The zero-order valence-corrected chi connectivity index (χ0v) is 10.4. The molecule has 0 radical (unpaired) electrons. The first kappa shape index (κ1) is 14.0. The minimum atomic E-state index is -0.400. The largest absolute Gasteiger partial charge is 0.382 e. The van der Waals surface area contributed by atoms with Crippen LogP contribution >= 0.6 is 11.8 Å². The maximum absolute atomic E-state index is 10.4. The van der Waals surface area contributed by atoms with Crippen LogP contribution in [-0.4, -0.2) is 37.6 Å². The van der Waals surface area contributed by atoms with Gasteiger partial charge in [-0.25, -0.2) is 0 Å². The van der Waals surface area contributed by atoms with Crippen molar-refractivity contribution in [3.05, 3.63) is 34.4 Å². The average Bonchev–Trinajstić information content (AvgIpc) is 2.34. The van der Waals surface area contributed by atoms with Crippen molar-refractivity contribution in [3.63, 3.8) is 0 Å². The van der Waals surface area contributed by atoms with Gasteiger partial charge in [0.25, 0.3) is 5.69 Å². The Morgan fingerprint density at radius 1 is 1.24 bits per heavy atom. The summed E-state index contributed by atoms with van der Waals surface area (Å²) in [7, 11) is 1.63. The molecule has 0 spiro atoms. The van der Waals surface area contributed by atoms with Crippen molar-refractivity contribution in [2.24, 2.45) is 0 Å². The van der Waals surface area contributed by atoms with E-state index in [-0.39, 0.29) is 5.69 Å². The van der Waals surface area contributed by atoms with Gasteiger partial charge in [-0.1, -0.05) is 0 Å². The number of nitrogens with zero attached hydrogens (tertiary/aromatic N) is 1. The van der Waals surface area contributed by atoms with E-state index in [0.717, 1.165) is 10.6 Å². The lowest BCUT2D eigenvalue weighted by Crippen LogP contribution is -2.04. The first-order chi connectivity index (χ1) is 8.24. The number of nitro benzene ring substituents is 1. The third-order valence-corrected chi connectivity index (χ3v) is 2.95. The third-order valence-electron chi connectivity index (χ3n) is 1.98. The first-order valence-corrected chi connectivity index (χ1v) is 6.16. The molecule has 0 fully saturated rings. The Balaban J connectivity index is 2.21. The summed E-state index contributed by atoms with van der Waals surface area (Å²) in [5.74, 6) is 0.821. The molecule has 0 amide bonds. The second-order valence-electron chi connectivity index (χ2n) is 3.20. The summed E-state index contributed by atoms with van der Waals surface area (Å²) >= 11 is 1.61. The molecule has 0 aliphatic heterocycles. The third kappa shape index (κ3) is 5.67. The predicted molar refractivity (Wildman–Crippen MR) is 66.5 cm³/mol. The van der Waals surface area contributed by atoms with Crippen molar-refractivity contribution in [3.8, 4) is 0 Å². The Labute approximate surface area is 104 Å². The molecule has 0 saturated heterocycles. The monoisotopic (exact) mass is 257 g/mol. The van der Waals surface area contributed by atoms with E-state index in [1.165, 1.54) is 12.1 Å². The number of hydrogen-bond donors (Lipinski definition) is 0. The highest BCUT2D eigenvalue weighted by Crippen LogP contribution is 2.20. The van der Waals surface area contributed by atoms with Gasteiger partial charge < -0.3 is 9.47 Å². The summed E-state index contributed by atoms with van der Waals surface area (Å²) in [6.07, 6.45) is 0. The topological polar surface area (TPSA) is 61.6 Å². The van der Waals surface area contributed by atoms with Gasteiger partial charge in [-0.3, -0.25) is 10.1 Å². The second kappa shape index (κ2) is 8.05. The average molecular weight is 257 g/mol. The zero-order valence-electron chi connectivity index (χ0n) is 9.63. The van der Waals surface area contributed by atoms with Crippen molar-refractivity contribution in [2.75, 3.05) is 32.7 Å². The number of benzene rings is 1. The van der Waals surface area contributed by atoms with E-state index >= 15 is 0 Å². The molecule has 6 heteroatoms. The molecule has 0 saturated carbocycles. The molecule has 94 valence electrons. The maximum Gasteiger partial charge on any atom is 0.269 e. The van der Waals surface area contributed by atoms with Crippen molar-refractivity contribution >= 4 is 17.4 Å². The van der Waals surface area contributed by atoms with Crippen LogP contribution in [0.15, 0.2) is 29.2 Å². The Morgan fingerprint density at radius 3 is 2.53 bits per heavy atom. The molecule has 0 N–H and O–H groups in total. The van der Waals surface area contributed by atoms with Gasteiger partial charge in [0.15, 0.2) is 0 Å². The molecule has 0 aliphatic rings. The van der Waals surface area contributed by atoms with E-state index in [2.05, 4.69) is 0 Å². The number of hydrogen-bond acceptors (Lipinski definition) is 5. The van der Waals surface area contributed by atoms with Crippen LogP contribution in [0.2, 0.25) is 0 Å². The Morgan fingerprint density at radius 2 is 1.94 bits per heavy atom. The van der Waals surface area contributed by atoms with Gasteiger partial charge in [-0.2, -0.15) is 0 Å². The van der Waals surface area contributed by atoms with Crippen LogP contribution in [0.4, 0.5) is 5.69 Å². The molecule has 17 heavy (non-hydrogen) atoms. The quantitative estimate of drug-likeness (QED) is 0.309. The summed E-state index contributed by atoms with van der Waals surface area (Å²) < 4.78 is 10.2. The summed E-state index contributed by atoms with van der Waals surface area (Å²) in [6, 6.07) is 6.51. The van der Waals surface area contributed by atoms with E-state index in [9.17, 15) is 10.1 Å². The number of non-ortho nitro benzene ring substituents is 1. The lowest BCUT2D eigenvalue weighted by molar-refractivity contribution is -0.384. The summed E-state index contributed by atoms with van der Waals surface area (Å²) in [4.78, 5) is 11.0. The molecular weight excluding hydrogens is 242 g/mol. The van der Waals surface area contributed by atoms with E-state index < -0.39 is 4.92 Å². The van der Waals surface area contributed by atoms with Crippen LogP contribution in [-0.2, 0) is 9.47 Å². The molecule has 5 nitrogen and oxygen atoms in total. The standard InChI is InChI=1S/C11H15NO4S/c1-15-6-7-16-8-9-17-11-4-2-10(3-5-11)12(13)14/h2-5H,6-9H2,1H3. The first-order valence-electron chi connectivity index (χ1n) is 5.18. The molecular formula is C11H15NO4S. The molecule has 0 atom stereocenters. The van der Waals surface area contributed by atoms with Crippen molar-refractivity contribution in [1.29, 1.82) is 0 Å². The second-order valence-corrected chi connectivity index (χ2v) is 4.37. The van der Waals surface area contributed by atoms with Crippen LogP contribution in [0.25, 0.3) is 0 Å². The Hall–Kier alpha value is -1.11. The normalized spacial score (nSPS) is 10.4. The fourth-order valence-corrected chi connectivity index (χ4v) is 1.89. The van der Waals surface area contributed by atoms with E-state index in [4.69, 9.17) is 9.47 Å². The molecule has 1 rings (SSSR count). The molecule has 1 aromatic carbocycles. The summed E-state index contributed by atoms with van der Waals surface area (Å²) in [5.41, 5.74) is 0.116. The zero-order chi connectivity index (χ0) is 12.5. The maximum atomic E-state index is 10.4. The van der Waals surface area contributed by atoms with Crippen LogP contribution in [0.1, 0.15) is 0 Å². The number of ether oxygens (including phenoxy) is 2. The molecule has 0 bridgehead atoms. The molecule has 0 heterocycles. The van der Waals surface area contributed by atoms with Crippen LogP contribution in [0, 0.1) is 10.1 Å². The molecule has 0 unspecified atom stereocenters. The van der Waals surface area contributed by atoms with E-state index in [0.29, 0.717) is 19.8 Å². The summed E-state index contributed by atoms with van der Waals surface area (Å²) in [5, 5.41) is 10.4. The van der Waals surface area contributed by atoms with Crippen LogP contribution in [0.3, 0.4) is 0 Å². The van der Waals surface area contributed by atoms with E-state index in [1.807, 2.05) is 0 Å². The molecule has 0 aromatic heterocycles. The molecule has 0 aliphatic carbocycles. The highest BCUT2D eigenvalue weighted by atomic mass is 32.2. The van der Waals surface area contributed by atoms with Crippen molar-refractivity contribution in [2.45, 2.75) is 4.90 Å². The predicted octanol–water partition coefficient (Wildman–Crippen LogP) is 2.35.